The molecule has 0 heterocycles. The molecule has 0 aliphatic carbocycles. The Balaban J connectivity index is 0.00000729. The summed E-state index contributed by atoms with van der Waals surface area (Å²) in [5.74, 6) is 0. The smallest absolute Gasteiger partial charge is 1.00 e. The molecule has 4 rings (SSSR count). The third-order valence-electron chi connectivity index (χ3n) is 11.1. The minimum absolute atomic E-state index is 0. The van der Waals surface area contributed by atoms with Crippen molar-refractivity contribution in [2.75, 3.05) is 0 Å². The van der Waals surface area contributed by atoms with Gasteiger partial charge in [0.15, 0.2) is 0 Å². The van der Waals surface area contributed by atoms with Gasteiger partial charge >= 0.3 is 21.7 Å². The number of hydrogen-bond acceptors (Lipinski definition) is 0. The van der Waals surface area contributed by atoms with Gasteiger partial charge in [0, 0.05) is 0 Å². The van der Waals surface area contributed by atoms with Gasteiger partial charge in [-0.05, 0) is 65.9 Å². The van der Waals surface area contributed by atoms with Crippen molar-refractivity contribution in [2.24, 2.45) is 0 Å². The zero-order valence-corrected chi connectivity index (χ0v) is 42.8. The standard InChI is InChI=1S/C50H73Si.3ClH.Ti/c1-20-22-34-23-21-24-44(34)51(41-28-35(45(2,3)4)25-36(29-41)46(5,6)7,42-30-37(47(8,9)10)26-38(31-42)48(11,12)13)43-32-39(49(14,15)16)27-40(33-43)50(17,18)19;;;;/h21,23-33H,20,22H2,1-19H3;3*1H;/q-1;;;;+4/p-3. The molecule has 0 aromatic heterocycles. The van der Waals surface area contributed by atoms with Crippen LogP contribution in [0.1, 0.15) is 177 Å². The average Bonchev–Trinajstić information content (AvgIpc) is 3.43. The van der Waals surface area contributed by atoms with Crippen LogP contribution in [0.3, 0.4) is 0 Å². The van der Waals surface area contributed by atoms with Gasteiger partial charge in [0.25, 0.3) is 0 Å². The number of hydrogen-bond donors (Lipinski definition) is 0. The Hall–Kier alpha value is -1.19. The van der Waals surface area contributed by atoms with Crippen LogP contribution in [0.4, 0.5) is 0 Å². The van der Waals surface area contributed by atoms with Crippen LogP contribution in [0.15, 0.2) is 72.8 Å². The first-order valence-corrected chi connectivity index (χ1v) is 21.8. The van der Waals surface area contributed by atoms with Crippen molar-refractivity contribution in [3.63, 3.8) is 0 Å². The molecule has 0 saturated heterocycles. The molecular formula is C50H73Cl3SiTi. The van der Waals surface area contributed by atoms with Crippen molar-refractivity contribution < 1.29 is 58.9 Å². The molecule has 0 N–H and O–H groups in total. The fraction of sp³-hybridized carbons (Fsp3) is 0.540. The third kappa shape index (κ3) is 11.7. The Labute approximate surface area is 373 Å². The molecule has 0 nitrogen and oxygen atoms in total. The molecule has 0 atom stereocenters. The Morgan fingerprint density at radius 1 is 0.418 bits per heavy atom. The maximum absolute atomic E-state index is 2.99. The summed E-state index contributed by atoms with van der Waals surface area (Å²) >= 11 is 0. The van der Waals surface area contributed by atoms with Gasteiger partial charge < -0.3 is 37.2 Å². The van der Waals surface area contributed by atoms with E-state index in [-0.39, 0.29) is 91.4 Å². The van der Waals surface area contributed by atoms with Gasteiger partial charge in [0.05, 0.1) is 0 Å². The molecule has 0 aliphatic rings. The van der Waals surface area contributed by atoms with Crippen LogP contribution >= 0.6 is 0 Å². The van der Waals surface area contributed by atoms with Crippen LogP contribution in [0.25, 0.3) is 0 Å². The molecule has 0 amide bonds. The summed E-state index contributed by atoms with van der Waals surface area (Å²) in [6, 6.07) is 30.7. The van der Waals surface area contributed by atoms with Gasteiger partial charge in [-0.3, -0.25) is 0 Å². The topological polar surface area (TPSA) is 0 Å². The van der Waals surface area contributed by atoms with E-state index < -0.39 is 8.07 Å². The molecule has 0 aliphatic heterocycles. The quantitative estimate of drug-likeness (QED) is 0.159. The van der Waals surface area contributed by atoms with E-state index in [2.05, 4.69) is 204 Å². The molecule has 0 spiro atoms. The summed E-state index contributed by atoms with van der Waals surface area (Å²) < 4.78 is 0. The second-order valence-electron chi connectivity index (χ2n) is 21.9. The normalized spacial score (nSPS) is 12.9. The minimum atomic E-state index is -2.99. The molecule has 302 valence electrons. The van der Waals surface area contributed by atoms with Crippen molar-refractivity contribution in [3.05, 3.63) is 112 Å². The Kier molecular flexibility index (Phi) is 18.0. The molecule has 0 radical (unpaired) electrons. The number of aryl methyl sites for hydroxylation is 1. The minimum Gasteiger partial charge on any atom is -1.00 e. The van der Waals surface area contributed by atoms with E-state index in [0.29, 0.717) is 0 Å². The van der Waals surface area contributed by atoms with Crippen LogP contribution < -0.4 is 58.0 Å². The van der Waals surface area contributed by atoms with Crippen LogP contribution in [-0.4, -0.2) is 8.07 Å². The summed E-state index contributed by atoms with van der Waals surface area (Å²) in [7, 11) is -2.99. The predicted octanol–water partition coefficient (Wildman–Crippen LogP) is 2.53. The average molecular weight is 856 g/mol. The Morgan fingerprint density at radius 2 is 0.655 bits per heavy atom. The van der Waals surface area contributed by atoms with E-state index in [4.69, 9.17) is 0 Å². The van der Waals surface area contributed by atoms with Gasteiger partial charge in [-0.25, -0.2) is 12.1 Å². The van der Waals surface area contributed by atoms with Crippen molar-refractivity contribution in [3.8, 4) is 0 Å². The van der Waals surface area contributed by atoms with Crippen molar-refractivity contribution in [1.82, 2.24) is 0 Å². The summed E-state index contributed by atoms with van der Waals surface area (Å²) in [6.45, 7) is 45.4. The van der Waals surface area contributed by atoms with Crippen LogP contribution in [0, 0.1) is 0 Å². The number of rotatable bonds is 6. The van der Waals surface area contributed by atoms with Gasteiger partial charge in [-0.15, -0.1) is 5.19 Å². The number of halogens is 3. The SMILES string of the molecule is CCCc1ccc[c-]1[Si](c1cc(C(C)(C)C)cc(C(C)(C)C)c1)(c1cc(C(C)(C)C)cc(C(C)(C)C)c1)c1cc(C(C)(C)C)cc(C(C)(C)C)c1.[Cl-].[Cl-].[Cl-].[Ti+4]. The molecule has 0 fully saturated rings. The molecule has 0 saturated carbocycles. The third-order valence-corrected chi connectivity index (χ3v) is 15.9. The first-order valence-electron chi connectivity index (χ1n) is 19.8. The first kappa shape index (κ1) is 53.8. The van der Waals surface area contributed by atoms with E-state index in [9.17, 15) is 0 Å². The first-order chi connectivity index (χ1) is 23.0. The second kappa shape index (κ2) is 18.4. The second-order valence-corrected chi connectivity index (χ2v) is 25.6. The predicted molar refractivity (Wildman–Crippen MR) is 232 cm³/mol. The molecule has 55 heavy (non-hydrogen) atoms. The summed E-state index contributed by atoms with van der Waals surface area (Å²) in [4.78, 5) is 0. The molecule has 4 aromatic carbocycles. The summed E-state index contributed by atoms with van der Waals surface area (Å²) in [6.07, 6.45) is 2.21. The van der Waals surface area contributed by atoms with E-state index in [1.165, 1.54) is 54.5 Å². The zero-order valence-electron chi connectivity index (χ0n) is 38.0. The van der Waals surface area contributed by atoms with Gasteiger partial charge in [0.1, 0.15) is 8.07 Å². The fourth-order valence-corrected chi connectivity index (χ4v) is 12.6. The molecule has 4 aromatic rings. The van der Waals surface area contributed by atoms with E-state index in [0.717, 1.165) is 12.8 Å². The zero-order chi connectivity index (χ0) is 38.8. The maximum Gasteiger partial charge on any atom is 4.00 e. The molecular weight excluding hydrogens is 783 g/mol. The van der Waals surface area contributed by atoms with Crippen molar-refractivity contribution >= 4 is 28.8 Å². The van der Waals surface area contributed by atoms with E-state index >= 15 is 0 Å². The van der Waals surface area contributed by atoms with Gasteiger partial charge in [-0.1, -0.05) is 215 Å². The van der Waals surface area contributed by atoms with Crippen LogP contribution in [0.2, 0.25) is 0 Å². The monoisotopic (exact) mass is 854 g/mol. The largest absolute Gasteiger partial charge is 4.00 e. The molecule has 0 unspecified atom stereocenters. The maximum atomic E-state index is 2.64. The molecule has 5 heteroatoms. The van der Waals surface area contributed by atoms with E-state index in [1.807, 2.05) is 0 Å². The fourth-order valence-electron chi connectivity index (χ4n) is 7.41. The Morgan fingerprint density at radius 3 is 0.855 bits per heavy atom. The van der Waals surface area contributed by atoms with Crippen LogP contribution in [0.5, 0.6) is 0 Å². The number of benzene rings is 3. The van der Waals surface area contributed by atoms with Crippen molar-refractivity contribution in [2.45, 2.75) is 177 Å². The van der Waals surface area contributed by atoms with Crippen molar-refractivity contribution in [1.29, 1.82) is 0 Å². The summed E-state index contributed by atoms with van der Waals surface area (Å²) in [5, 5.41) is 6.10. The van der Waals surface area contributed by atoms with Gasteiger partial charge in [0.2, 0.25) is 0 Å². The van der Waals surface area contributed by atoms with E-state index in [1.54, 1.807) is 5.19 Å². The van der Waals surface area contributed by atoms with Crippen LogP contribution in [-0.2, 0) is 60.6 Å². The Bertz CT molecular complexity index is 1580. The molecule has 0 bridgehead atoms. The summed E-state index contributed by atoms with van der Waals surface area (Å²) in [5.41, 5.74) is 10.1. The van der Waals surface area contributed by atoms with Gasteiger partial charge in [-0.2, -0.15) is 11.6 Å².